The number of phenolic OH excluding ortho intramolecular Hbond substituents is 1. The van der Waals surface area contributed by atoms with Crippen LogP contribution in [0, 0.1) is 0 Å². The van der Waals surface area contributed by atoms with Crippen LogP contribution in [0.5, 0.6) is 11.5 Å². The number of methoxy groups -OCH3 is 1. The number of piperidine rings is 1. The Bertz CT molecular complexity index is 1350. The van der Waals surface area contributed by atoms with Gasteiger partial charge in [0.2, 0.25) is 0 Å². The van der Waals surface area contributed by atoms with Crippen molar-refractivity contribution in [3.8, 4) is 22.8 Å². The molecule has 0 atom stereocenters. The summed E-state index contributed by atoms with van der Waals surface area (Å²) < 4.78 is 5.18. The van der Waals surface area contributed by atoms with Crippen molar-refractivity contribution in [1.82, 2.24) is 15.0 Å². The summed E-state index contributed by atoms with van der Waals surface area (Å²) in [6.07, 6.45) is 5.21. The summed E-state index contributed by atoms with van der Waals surface area (Å²) in [4.78, 5) is 28.3. The van der Waals surface area contributed by atoms with Gasteiger partial charge in [-0.15, -0.1) is 0 Å². The van der Waals surface area contributed by atoms with Crippen molar-refractivity contribution >= 4 is 34.4 Å². The molecule has 0 unspecified atom stereocenters. The largest absolute Gasteiger partial charge is 0.504 e. The minimum absolute atomic E-state index is 0.0514. The first-order valence-electron chi connectivity index (χ1n) is 11.5. The number of benzene rings is 2. The molecule has 0 radical (unpaired) electrons. The number of ether oxygens (including phenoxy) is 1. The van der Waals surface area contributed by atoms with E-state index in [1.54, 1.807) is 24.3 Å². The molecule has 0 aliphatic carbocycles. The third kappa shape index (κ3) is 5.08. The number of carbonyl (C=O) groups excluding carboxylic acids is 1. The number of aromatic nitrogens is 3. The Hall–Kier alpha value is -4.40. The van der Waals surface area contributed by atoms with Crippen molar-refractivity contribution in [1.29, 1.82) is 0 Å². The van der Waals surface area contributed by atoms with E-state index in [2.05, 4.69) is 30.5 Å². The minimum atomic E-state index is -0.413. The summed E-state index contributed by atoms with van der Waals surface area (Å²) in [5, 5.41) is 15.4. The van der Waals surface area contributed by atoms with E-state index in [1.807, 2.05) is 30.3 Å². The van der Waals surface area contributed by atoms with Crippen molar-refractivity contribution in [3.63, 3.8) is 0 Å². The van der Waals surface area contributed by atoms with Gasteiger partial charge in [0.1, 0.15) is 5.52 Å². The molecule has 3 N–H and O–H groups in total. The third-order valence-corrected chi connectivity index (χ3v) is 5.97. The zero-order valence-electron chi connectivity index (χ0n) is 19.4. The summed E-state index contributed by atoms with van der Waals surface area (Å²) in [7, 11) is 1.49. The molecule has 0 saturated carbocycles. The smallest absolute Gasteiger partial charge is 0.324 e. The molecule has 9 heteroatoms. The number of urea groups is 1. The maximum Gasteiger partial charge on any atom is 0.324 e. The number of nitrogens with zero attached hydrogens (tertiary/aromatic N) is 4. The highest BCUT2D eigenvalue weighted by Gasteiger charge is 2.12. The van der Waals surface area contributed by atoms with Crippen molar-refractivity contribution < 1.29 is 14.6 Å². The molecular weight excluding hydrogens is 444 g/mol. The van der Waals surface area contributed by atoms with Gasteiger partial charge >= 0.3 is 6.03 Å². The highest BCUT2D eigenvalue weighted by molar-refractivity contribution is 5.99. The van der Waals surface area contributed by atoms with Crippen LogP contribution in [-0.4, -0.2) is 46.3 Å². The van der Waals surface area contributed by atoms with Crippen molar-refractivity contribution in [2.45, 2.75) is 19.3 Å². The van der Waals surface area contributed by atoms with Crippen LogP contribution >= 0.6 is 0 Å². The van der Waals surface area contributed by atoms with Gasteiger partial charge in [-0.1, -0.05) is 0 Å². The van der Waals surface area contributed by atoms with Crippen molar-refractivity contribution in [3.05, 3.63) is 60.8 Å². The van der Waals surface area contributed by atoms with Crippen LogP contribution in [0.4, 0.5) is 22.0 Å². The summed E-state index contributed by atoms with van der Waals surface area (Å²) >= 11 is 0. The van der Waals surface area contributed by atoms with Crippen LogP contribution < -0.4 is 20.3 Å². The van der Waals surface area contributed by atoms with E-state index >= 15 is 0 Å². The second-order valence-electron chi connectivity index (χ2n) is 8.35. The quantitative estimate of drug-likeness (QED) is 0.374. The van der Waals surface area contributed by atoms with Gasteiger partial charge in [0.15, 0.2) is 23.0 Å². The average molecular weight is 471 g/mol. The molecule has 3 heterocycles. The van der Waals surface area contributed by atoms with Gasteiger partial charge in [-0.2, -0.15) is 0 Å². The van der Waals surface area contributed by atoms with E-state index in [0.717, 1.165) is 18.7 Å². The molecule has 4 aromatic rings. The molecule has 0 bridgehead atoms. The molecule has 178 valence electrons. The predicted molar refractivity (Wildman–Crippen MR) is 136 cm³/mol. The Morgan fingerprint density at radius 3 is 2.54 bits per heavy atom. The lowest BCUT2D eigenvalue weighted by Crippen LogP contribution is -2.29. The first-order chi connectivity index (χ1) is 17.1. The number of amides is 2. The molecule has 0 spiro atoms. The van der Waals surface area contributed by atoms with Crippen LogP contribution in [0.2, 0.25) is 0 Å². The van der Waals surface area contributed by atoms with E-state index in [4.69, 9.17) is 4.74 Å². The molecule has 2 aromatic carbocycles. The van der Waals surface area contributed by atoms with Crippen molar-refractivity contribution in [2.24, 2.45) is 0 Å². The van der Waals surface area contributed by atoms with E-state index < -0.39 is 6.03 Å². The predicted octanol–water partition coefficient (Wildman–Crippen LogP) is 5.04. The number of hydrogen-bond acceptors (Lipinski definition) is 7. The average Bonchev–Trinajstić information content (AvgIpc) is 2.89. The number of nitrogens with one attached hydrogen (secondary N) is 2. The number of phenols is 1. The Morgan fingerprint density at radius 1 is 0.971 bits per heavy atom. The van der Waals surface area contributed by atoms with Gasteiger partial charge in [-0.3, -0.25) is 5.32 Å². The molecule has 5 rings (SSSR count). The van der Waals surface area contributed by atoms with Crippen LogP contribution in [-0.2, 0) is 0 Å². The number of pyridine rings is 1. The maximum absolute atomic E-state index is 12.5. The highest BCUT2D eigenvalue weighted by Crippen LogP contribution is 2.31. The lowest BCUT2D eigenvalue weighted by molar-refractivity contribution is 0.262. The van der Waals surface area contributed by atoms with Gasteiger partial charge < -0.3 is 20.1 Å². The van der Waals surface area contributed by atoms with Crippen molar-refractivity contribution in [2.75, 3.05) is 35.7 Å². The number of aromatic hydroxyl groups is 1. The zero-order chi connectivity index (χ0) is 24.2. The topological polar surface area (TPSA) is 112 Å². The second kappa shape index (κ2) is 9.84. The molecule has 35 heavy (non-hydrogen) atoms. The first kappa shape index (κ1) is 22.4. The second-order valence-corrected chi connectivity index (χ2v) is 8.35. The summed E-state index contributed by atoms with van der Waals surface area (Å²) in [6.45, 7) is 2.15. The first-order valence-corrected chi connectivity index (χ1v) is 11.5. The van der Waals surface area contributed by atoms with Crippen LogP contribution in [0.1, 0.15) is 19.3 Å². The number of fused-ring (bicyclic) bond motifs is 1. The molecule has 1 aliphatic rings. The van der Waals surface area contributed by atoms with E-state index in [1.165, 1.54) is 38.3 Å². The number of carbonyl (C=O) groups is 1. The Morgan fingerprint density at radius 2 is 1.77 bits per heavy atom. The maximum atomic E-state index is 12.5. The number of hydrogen-bond donors (Lipinski definition) is 3. The van der Waals surface area contributed by atoms with Gasteiger partial charge in [-0.05, 0) is 73.9 Å². The molecule has 9 nitrogen and oxygen atoms in total. The van der Waals surface area contributed by atoms with Gasteiger partial charge in [0.05, 0.1) is 19.0 Å². The monoisotopic (exact) mass is 470 g/mol. The Kier molecular flexibility index (Phi) is 6.30. The van der Waals surface area contributed by atoms with Gasteiger partial charge in [0, 0.05) is 30.0 Å². The zero-order valence-corrected chi connectivity index (χ0v) is 19.4. The highest BCUT2D eigenvalue weighted by atomic mass is 16.5. The molecule has 2 amide bonds. The van der Waals surface area contributed by atoms with E-state index in [0.29, 0.717) is 28.3 Å². The van der Waals surface area contributed by atoms with Crippen LogP contribution in [0.3, 0.4) is 0 Å². The standard InChI is InChI=1S/C26H26N6O3/c1-35-23-15-17(5-12-22(23)33)20-10-11-21-25(29-20)30-24(16-27-21)31-26(34)28-18-6-8-19(9-7-18)32-13-3-2-4-14-32/h5-12,15-16,33H,2-4,13-14H2,1H3,(H2,28,29,30,31,34). The summed E-state index contributed by atoms with van der Waals surface area (Å²) in [5.41, 5.74) is 4.24. The number of anilines is 3. The normalized spacial score (nSPS) is 13.5. The fraction of sp³-hybridized carbons (Fsp3) is 0.231. The molecule has 1 saturated heterocycles. The lowest BCUT2D eigenvalue weighted by Gasteiger charge is -2.28. The summed E-state index contributed by atoms with van der Waals surface area (Å²) in [5.74, 6) is 0.690. The Labute approximate surface area is 202 Å². The molecular formula is C26H26N6O3. The van der Waals surface area contributed by atoms with Crippen LogP contribution in [0.15, 0.2) is 60.8 Å². The Balaban J connectivity index is 1.28. The van der Waals surface area contributed by atoms with E-state index in [-0.39, 0.29) is 11.6 Å². The minimum Gasteiger partial charge on any atom is -0.504 e. The van der Waals surface area contributed by atoms with Gasteiger partial charge in [0.25, 0.3) is 0 Å². The lowest BCUT2D eigenvalue weighted by atomic mass is 10.1. The third-order valence-electron chi connectivity index (χ3n) is 5.97. The SMILES string of the molecule is COc1cc(-c2ccc3ncc(NC(=O)Nc4ccc(N5CCCCC5)cc4)nc3n2)ccc1O. The summed E-state index contributed by atoms with van der Waals surface area (Å²) in [6, 6.07) is 16.0. The fourth-order valence-corrected chi connectivity index (χ4v) is 4.14. The fourth-order valence-electron chi connectivity index (χ4n) is 4.14. The number of rotatable bonds is 5. The van der Waals surface area contributed by atoms with Gasteiger partial charge in [-0.25, -0.2) is 19.7 Å². The molecule has 1 aliphatic heterocycles. The van der Waals surface area contributed by atoms with Crippen LogP contribution in [0.25, 0.3) is 22.4 Å². The molecule has 2 aromatic heterocycles. The van der Waals surface area contributed by atoms with E-state index in [9.17, 15) is 9.90 Å². The molecule has 1 fully saturated rings.